The van der Waals surface area contributed by atoms with Crippen molar-refractivity contribution in [2.75, 3.05) is 13.7 Å². The van der Waals surface area contributed by atoms with Gasteiger partial charge in [0.2, 0.25) is 0 Å². The minimum absolute atomic E-state index is 0.0428. The van der Waals surface area contributed by atoms with Crippen LogP contribution in [0.2, 0.25) is 0 Å². The van der Waals surface area contributed by atoms with E-state index in [4.69, 9.17) is 14.8 Å². The molecule has 0 unspecified atom stereocenters. The number of methoxy groups -OCH3 is 1. The van der Waals surface area contributed by atoms with Crippen LogP contribution in [0, 0.1) is 0 Å². The molecule has 7 heteroatoms. The highest BCUT2D eigenvalue weighted by Gasteiger charge is 2.21. The van der Waals surface area contributed by atoms with Crippen LogP contribution in [-0.2, 0) is 19.4 Å². The highest BCUT2D eigenvalue weighted by atomic mass is 16.5. The minimum Gasteiger partial charge on any atom is -0.494 e. The normalized spacial score (nSPS) is 13.2. The lowest BCUT2D eigenvalue weighted by Gasteiger charge is -2.12. The Kier molecular flexibility index (Phi) is 4.09. The molecule has 3 heterocycles. The summed E-state index contributed by atoms with van der Waals surface area (Å²) in [7, 11) is 1.67. The van der Waals surface area contributed by atoms with Crippen molar-refractivity contribution in [3.63, 3.8) is 0 Å². The number of benzene rings is 1. The van der Waals surface area contributed by atoms with E-state index in [1.54, 1.807) is 18.0 Å². The zero-order chi connectivity index (χ0) is 19.1. The summed E-state index contributed by atoms with van der Waals surface area (Å²) in [6.45, 7) is 0.492. The Morgan fingerprint density at radius 2 is 2.18 bits per heavy atom. The molecule has 1 aromatic carbocycles. The highest BCUT2D eigenvalue weighted by Crippen LogP contribution is 2.38. The van der Waals surface area contributed by atoms with Crippen LogP contribution < -0.4 is 4.74 Å². The maximum atomic E-state index is 9.12. The Bertz CT molecular complexity index is 1160. The zero-order valence-electron chi connectivity index (χ0n) is 15.6. The van der Waals surface area contributed by atoms with Gasteiger partial charge in [0.1, 0.15) is 22.7 Å². The summed E-state index contributed by atoms with van der Waals surface area (Å²) in [6, 6.07) is 8.39. The van der Waals surface area contributed by atoms with Gasteiger partial charge in [-0.05, 0) is 30.4 Å². The van der Waals surface area contributed by atoms with Gasteiger partial charge in [0.25, 0.3) is 0 Å². The fraction of sp³-hybridized carbons (Fsp3) is 0.286. The first-order chi connectivity index (χ1) is 13.8. The number of nitrogens with zero attached hydrogens (tertiary/aromatic N) is 4. The number of aromatic nitrogens is 5. The summed E-state index contributed by atoms with van der Waals surface area (Å²) >= 11 is 0. The van der Waals surface area contributed by atoms with Gasteiger partial charge in [-0.3, -0.25) is 9.78 Å². The van der Waals surface area contributed by atoms with Gasteiger partial charge >= 0.3 is 0 Å². The molecule has 0 radical (unpaired) electrons. The van der Waals surface area contributed by atoms with Crippen molar-refractivity contribution in [2.24, 2.45) is 0 Å². The molecular weight excluding hydrogens is 354 g/mol. The first kappa shape index (κ1) is 16.9. The topological polar surface area (TPSA) is 88.8 Å². The lowest BCUT2D eigenvalue weighted by Crippen LogP contribution is -2.01. The fourth-order valence-electron chi connectivity index (χ4n) is 4.03. The second kappa shape index (κ2) is 6.76. The molecule has 142 valence electrons. The van der Waals surface area contributed by atoms with Crippen molar-refractivity contribution in [3.05, 3.63) is 47.8 Å². The summed E-state index contributed by atoms with van der Waals surface area (Å²) in [5, 5.41) is 20.9. The molecule has 0 aliphatic heterocycles. The molecule has 1 aliphatic carbocycles. The average molecular weight is 375 g/mol. The number of aryl methyl sites for hydroxylation is 1. The van der Waals surface area contributed by atoms with Gasteiger partial charge in [-0.25, -0.2) is 4.98 Å². The third kappa shape index (κ3) is 2.66. The van der Waals surface area contributed by atoms with Crippen molar-refractivity contribution < 1.29 is 9.84 Å². The number of hydrogen-bond acceptors (Lipinski definition) is 5. The van der Waals surface area contributed by atoms with Crippen LogP contribution in [0.5, 0.6) is 5.75 Å². The molecule has 0 atom stereocenters. The third-order valence-corrected chi connectivity index (χ3v) is 5.36. The number of ether oxygens (including phenoxy) is 1. The Morgan fingerprint density at radius 3 is 3.04 bits per heavy atom. The van der Waals surface area contributed by atoms with E-state index in [2.05, 4.69) is 33.5 Å². The lowest BCUT2D eigenvalue weighted by molar-refractivity contribution is 0.269. The van der Waals surface area contributed by atoms with Crippen molar-refractivity contribution in [1.29, 1.82) is 0 Å². The molecule has 0 saturated carbocycles. The van der Waals surface area contributed by atoms with Gasteiger partial charge in [0.05, 0.1) is 32.0 Å². The molecule has 4 aromatic rings. The number of aliphatic hydroxyl groups is 1. The maximum Gasteiger partial charge on any atom is 0.147 e. The summed E-state index contributed by atoms with van der Waals surface area (Å²) in [5.74, 6) is 0.735. The van der Waals surface area contributed by atoms with E-state index in [0.29, 0.717) is 6.54 Å². The van der Waals surface area contributed by atoms with Gasteiger partial charge in [0, 0.05) is 23.4 Å². The lowest BCUT2D eigenvalue weighted by atomic mass is 9.99. The number of aliphatic hydroxyl groups excluding tert-OH is 1. The van der Waals surface area contributed by atoms with Crippen molar-refractivity contribution >= 4 is 11.0 Å². The first-order valence-electron chi connectivity index (χ1n) is 9.46. The van der Waals surface area contributed by atoms with Crippen molar-refractivity contribution in [2.45, 2.75) is 25.8 Å². The van der Waals surface area contributed by atoms with Crippen LogP contribution in [0.15, 0.2) is 36.7 Å². The van der Waals surface area contributed by atoms with Crippen LogP contribution in [0.1, 0.15) is 17.5 Å². The molecular formula is C21H21N5O2. The molecule has 5 rings (SSSR count). The van der Waals surface area contributed by atoms with Gasteiger partial charge in [0.15, 0.2) is 0 Å². The van der Waals surface area contributed by atoms with Gasteiger partial charge < -0.3 is 9.84 Å². The summed E-state index contributed by atoms with van der Waals surface area (Å²) in [6.07, 6.45) is 6.99. The van der Waals surface area contributed by atoms with Crippen LogP contribution in [0.25, 0.3) is 33.5 Å². The van der Waals surface area contributed by atoms with Crippen LogP contribution in [-0.4, -0.2) is 43.8 Å². The Labute approximate surface area is 162 Å². The van der Waals surface area contributed by atoms with Crippen LogP contribution >= 0.6 is 0 Å². The molecule has 0 amide bonds. The predicted molar refractivity (Wildman–Crippen MR) is 106 cm³/mol. The van der Waals surface area contributed by atoms with Gasteiger partial charge in [-0.1, -0.05) is 18.2 Å². The number of nitrogens with one attached hydrogen (secondary N) is 1. The molecule has 28 heavy (non-hydrogen) atoms. The summed E-state index contributed by atoms with van der Waals surface area (Å²) in [4.78, 5) is 4.98. The van der Waals surface area contributed by atoms with E-state index >= 15 is 0 Å². The number of pyridine rings is 1. The Morgan fingerprint density at radius 1 is 1.25 bits per heavy atom. The Balaban J connectivity index is 1.69. The number of fused-ring (bicyclic) bond motifs is 2. The second-order valence-electron chi connectivity index (χ2n) is 7.02. The molecule has 1 aliphatic rings. The zero-order valence-corrected chi connectivity index (χ0v) is 15.6. The molecule has 0 saturated heterocycles. The summed E-state index contributed by atoms with van der Waals surface area (Å²) in [5.41, 5.74) is 7.97. The van der Waals surface area contributed by atoms with E-state index in [1.165, 1.54) is 17.5 Å². The van der Waals surface area contributed by atoms with E-state index in [-0.39, 0.29) is 6.61 Å². The smallest absolute Gasteiger partial charge is 0.147 e. The minimum atomic E-state index is 0.0428. The largest absolute Gasteiger partial charge is 0.494 e. The average Bonchev–Trinajstić information content (AvgIpc) is 3.45. The summed E-state index contributed by atoms with van der Waals surface area (Å²) < 4.78 is 7.36. The molecule has 0 bridgehead atoms. The first-order valence-corrected chi connectivity index (χ1v) is 9.46. The van der Waals surface area contributed by atoms with E-state index in [9.17, 15) is 0 Å². The van der Waals surface area contributed by atoms with Crippen molar-refractivity contribution in [1.82, 2.24) is 25.0 Å². The number of aromatic amines is 1. The maximum absolute atomic E-state index is 9.12. The SMILES string of the molecule is COc1cc2[nH]nc(-c3cnn(CCO)c3)c2nc1-c1cccc2c1CCC2. The fourth-order valence-corrected chi connectivity index (χ4v) is 4.03. The second-order valence-corrected chi connectivity index (χ2v) is 7.02. The monoisotopic (exact) mass is 375 g/mol. The number of hydrogen-bond donors (Lipinski definition) is 2. The molecule has 0 fully saturated rings. The predicted octanol–water partition coefficient (Wildman–Crippen LogP) is 2.98. The van der Waals surface area contributed by atoms with E-state index < -0.39 is 0 Å². The number of H-pyrrole nitrogens is 1. The van der Waals surface area contributed by atoms with Gasteiger partial charge in [-0.15, -0.1) is 0 Å². The van der Waals surface area contributed by atoms with E-state index in [1.807, 2.05) is 12.3 Å². The van der Waals surface area contributed by atoms with Crippen LogP contribution in [0.3, 0.4) is 0 Å². The Hall–Kier alpha value is -3.19. The number of rotatable bonds is 5. The molecule has 0 spiro atoms. The van der Waals surface area contributed by atoms with E-state index in [0.717, 1.165) is 52.1 Å². The molecule has 2 N–H and O–H groups in total. The molecule has 3 aromatic heterocycles. The van der Waals surface area contributed by atoms with Gasteiger partial charge in [-0.2, -0.15) is 10.2 Å². The quantitative estimate of drug-likeness (QED) is 0.560. The highest BCUT2D eigenvalue weighted by molar-refractivity contribution is 5.92. The van der Waals surface area contributed by atoms with Crippen molar-refractivity contribution in [3.8, 4) is 28.3 Å². The third-order valence-electron chi connectivity index (χ3n) is 5.36. The standard InChI is InChI=1S/C21H21N5O2/c1-28-18-10-17-21(19(25-24-17)14-11-22-26(12-14)8-9-27)23-20(18)16-7-3-5-13-4-2-6-15(13)16/h3,5,7,10-12,27H,2,4,6,8-9H2,1H3,(H,24,25). The van der Waals surface area contributed by atoms with Crippen LogP contribution in [0.4, 0.5) is 0 Å². The molecule has 7 nitrogen and oxygen atoms in total.